The Morgan fingerprint density at radius 1 is 1.20 bits per heavy atom. The molecule has 4 nitrogen and oxygen atoms in total. The van der Waals surface area contributed by atoms with Crippen LogP contribution in [-0.4, -0.2) is 37.7 Å². The molecular weight excluding hydrogens is 252 g/mol. The van der Waals surface area contributed by atoms with Gasteiger partial charge in [0.2, 0.25) is 0 Å². The number of hydrogen-bond donors (Lipinski definition) is 1. The number of nitrogens with two attached hydrogens (primary N) is 1. The minimum atomic E-state index is 0.0454. The molecule has 2 N–H and O–H groups in total. The van der Waals surface area contributed by atoms with E-state index in [1.165, 1.54) is 0 Å². The Bertz CT molecular complexity index is 427. The third kappa shape index (κ3) is 3.64. The van der Waals surface area contributed by atoms with Crippen molar-refractivity contribution < 1.29 is 9.47 Å². The number of likely N-dealkylation sites (N-methyl/N-ethyl adjacent to an activating group) is 1. The van der Waals surface area contributed by atoms with Gasteiger partial charge in [-0.2, -0.15) is 0 Å². The first-order valence-electron chi connectivity index (χ1n) is 7.07. The van der Waals surface area contributed by atoms with E-state index >= 15 is 0 Å². The van der Waals surface area contributed by atoms with Crippen LogP contribution in [0, 0.1) is 0 Å². The molecule has 0 aliphatic heterocycles. The minimum Gasteiger partial charge on any atom is -0.497 e. The molecule has 0 aromatic heterocycles. The van der Waals surface area contributed by atoms with E-state index in [4.69, 9.17) is 15.2 Å². The van der Waals surface area contributed by atoms with Crippen LogP contribution in [0.15, 0.2) is 18.2 Å². The lowest BCUT2D eigenvalue weighted by Crippen LogP contribution is -2.46. The highest BCUT2D eigenvalue weighted by molar-refractivity contribution is 5.42. The zero-order valence-electron chi connectivity index (χ0n) is 13.6. The first kappa shape index (κ1) is 16.8. The number of nitrogens with zero attached hydrogens (tertiary/aromatic N) is 1. The van der Waals surface area contributed by atoms with Crippen molar-refractivity contribution in [2.45, 2.75) is 39.3 Å². The van der Waals surface area contributed by atoms with Gasteiger partial charge in [0.25, 0.3) is 0 Å². The van der Waals surface area contributed by atoms with E-state index in [1.54, 1.807) is 14.2 Å². The number of methoxy groups -OCH3 is 2. The van der Waals surface area contributed by atoms with Gasteiger partial charge in [-0.05, 0) is 33.4 Å². The Balaban J connectivity index is 3.24. The second-order valence-corrected chi connectivity index (χ2v) is 5.82. The highest BCUT2D eigenvalue weighted by Crippen LogP contribution is 2.35. The highest BCUT2D eigenvalue weighted by atomic mass is 16.5. The first-order chi connectivity index (χ1) is 9.38. The van der Waals surface area contributed by atoms with Gasteiger partial charge >= 0.3 is 0 Å². The lowest BCUT2D eigenvalue weighted by atomic mass is 9.97. The van der Waals surface area contributed by atoms with Crippen molar-refractivity contribution >= 4 is 0 Å². The van der Waals surface area contributed by atoms with Crippen molar-refractivity contribution in [1.82, 2.24) is 4.90 Å². The Kier molecular flexibility index (Phi) is 5.84. The van der Waals surface area contributed by atoms with Gasteiger partial charge in [-0.1, -0.05) is 13.0 Å². The topological polar surface area (TPSA) is 47.7 Å². The number of ether oxygens (including phenoxy) is 2. The summed E-state index contributed by atoms with van der Waals surface area (Å²) in [7, 11) is 3.33. The van der Waals surface area contributed by atoms with Crippen LogP contribution in [0.3, 0.4) is 0 Å². The Morgan fingerprint density at radius 3 is 2.25 bits per heavy atom. The van der Waals surface area contributed by atoms with E-state index in [-0.39, 0.29) is 11.6 Å². The van der Waals surface area contributed by atoms with Crippen LogP contribution in [-0.2, 0) is 0 Å². The average Bonchev–Trinajstić information content (AvgIpc) is 2.42. The smallest absolute Gasteiger partial charge is 0.127 e. The summed E-state index contributed by atoms with van der Waals surface area (Å²) in [5.41, 5.74) is 7.19. The summed E-state index contributed by atoms with van der Waals surface area (Å²) in [6, 6.07) is 6.04. The van der Waals surface area contributed by atoms with Gasteiger partial charge < -0.3 is 15.2 Å². The van der Waals surface area contributed by atoms with Crippen molar-refractivity contribution in [2.75, 3.05) is 27.3 Å². The molecule has 0 heterocycles. The largest absolute Gasteiger partial charge is 0.497 e. The van der Waals surface area contributed by atoms with Crippen LogP contribution >= 0.6 is 0 Å². The monoisotopic (exact) mass is 280 g/mol. The maximum Gasteiger partial charge on any atom is 0.127 e. The Hall–Kier alpha value is -1.26. The van der Waals surface area contributed by atoms with E-state index in [1.807, 2.05) is 18.2 Å². The van der Waals surface area contributed by atoms with Gasteiger partial charge in [0.1, 0.15) is 11.5 Å². The molecule has 0 bridgehead atoms. The third-order valence-electron chi connectivity index (χ3n) is 3.60. The quantitative estimate of drug-likeness (QED) is 0.870. The summed E-state index contributed by atoms with van der Waals surface area (Å²) in [6.45, 7) is 10.2. The lowest BCUT2D eigenvalue weighted by molar-refractivity contribution is 0.0904. The van der Waals surface area contributed by atoms with E-state index in [2.05, 4.69) is 32.6 Å². The van der Waals surface area contributed by atoms with Crippen molar-refractivity contribution in [3.05, 3.63) is 23.8 Å². The molecule has 1 unspecified atom stereocenters. The van der Waals surface area contributed by atoms with Crippen LogP contribution in [0.5, 0.6) is 11.5 Å². The normalized spacial score (nSPS) is 13.4. The Labute approximate surface area is 122 Å². The zero-order valence-corrected chi connectivity index (χ0v) is 13.6. The highest BCUT2D eigenvalue weighted by Gasteiger charge is 2.29. The predicted molar refractivity (Wildman–Crippen MR) is 83.5 cm³/mol. The molecule has 1 aromatic carbocycles. The second-order valence-electron chi connectivity index (χ2n) is 5.82. The molecule has 0 amide bonds. The summed E-state index contributed by atoms with van der Waals surface area (Å²) >= 11 is 0. The van der Waals surface area contributed by atoms with Crippen LogP contribution in [0.1, 0.15) is 39.3 Å². The van der Waals surface area contributed by atoms with Gasteiger partial charge in [-0.15, -0.1) is 0 Å². The van der Waals surface area contributed by atoms with E-state index in [0.29, 0.717) is 6.54 Å². The molecule has 4 heteroatoms. The molecule has 0 saturated heterocycles. The van der Waals surface area contributed by atoms with Crippen LogP contribution in [0.4, 0.5) is 0 Å². The second kappa shape index (κ2) is 6.95. The number of rotatable bonds is 6. The van der Waals surface area contributed by atoms with Crippen LogP contribution in [0.2, 0.25) is 0 Å². The number of hydrogen-bond acceptors (Lipinski definition) is 4. The summed E-state index contributed by atoms with van der Waals surface area (Å²) in [5, 5.41) is 0. The van der Waals surface area contributed by atoms with Crippen molar-refractivity contribution in [1.29, 1.82) is 0 Å². The Morgan fingerprint density at radius 2 is 1.85 bits per heavy atom. The molecule has 0 radical (unpaired) electrons. The fourth-order valence-corrected chi connectivity index (χ4v) is 2.68. The molecule has 1 aromatic rings. The molecule has 20 heavy (non-hydrogen) atoms. The van der Waals surface area contributed by atoms with E-state index in [0.717, 1.165) is 23.6 Å². The minimum absolute atomic E-state index is 0.0454. The van der Waals surface area contributed by atoms with Crippen molar-refractivity contribution in [3.8, 4) is 11.5 Å². The predicted octanol–water partition coefficient (Wildman–Crippen LogP) is 2.82. The molecule has 0 fully saturated rings. The van der Waals surface area contributed by atoms with Gasteiger partial charge in [-0.3, -0.25) is 4.90 Å². The van der Waals surface area contributed by atoms with Crippen molar-refractivity contribution in [2.24, 2.45) is 5.73 Å². The fourth-order valence-electron chi connectivity index (χ4n) is 2.68. The zero-order chi connectivity index (χ0) is 15.3. The third-order valence-corrected chi connectivity index (χ3v) is 3.60. The molecule has 114 valence electrons. The van der Waals surface area contributed by atoms with Gasteiger partial charge in [0.05, 0.1) is 20.3 Å². The van der Waals surface area contributed by atoms with E-state index in [9.17, 15) is 0 Å². The van der Waals surface area contributed by atoms with E-state index < -0.39 is 0 Å². The summed E-state index contributed by atoms with van der Waals surface area (Å²) in [5.74, 6) is 1.61. The molecule has 0 aliphatic rings. The van der Waals surface area contributed by atoms with Crippen LogP contribution in [0.25, 0.3) is 0 Å². The average molecular weight is 280 g/mol. The summed E-state index contributed by atoms with van der Waals surface area (Å²) in [4.78, 5) is 2.39. The molecule has 1 rings (SSSR count). The molecule has 1 atom stereocenters. The molecular formula is C16H28N2O2. The summed E-state index contributed by atoms with van der Waals surface area (Å²) in [6.07, 6.45) is 0. The molecule has 0 spiro atoms. The SMILES string of the molecule is CCN(C(CN)c1ccc(OC)cc1OC)C(C)(C)C. The fraction of sp³-hybridized carbons (Fsp3) is 0.625. The van der Waals surface area contributed by atoms with Gasteiger partial charge in [0.15, 0.2) is 0 Å². The standard InChI is InChI=1S/C16H28N2O2/c1-7-18(16(2,3)4)14(11-17)13-9-8-12(19-5)10-15(13)20-6/h8-10,14H,7,11,17H2,1-6H3. The summed E-state index contributed by atoms with van der Waals surface area (Å²) < 4.78 is 10.8. The maximum absolute atomic E-state index is 6.04. The maximum atomic E-state index is 6.04. The molecule has 0 saturated carbocycles. The van der Waals surface area contributed by atoms with Gasteiger partial charge in [0, 0.05) is 23.7 Å². The van der Waals surface area contributed by atoms with Gasteiger partial charge in [-0.25, -0.2) is 0 Å². The lowest BCUT2D eigenvalue weighted by Gasteiger charge is -2.41. The van der Waals surface area contributed by atoms with Crippen molar-refractivity contribution in [3.63, 3.8) is 0 Å². The van der Waals surface area contributed by atoms with Crippen LogP contribution < -0.4 is 15.2 Å². The number of benzene rings is 1. The first-order valence-corrected chi connectivity index (χ1v) is 7.07. The molecule has 0 aliphatic carbocycles.